The van der Waals surface area contributed by atoms with Crippen LogP contribution in [0.4, 0.5) is 0 Å². The molecule has 17 heavy (non-hydrogen) atoms. The summed E-state index contributed by atoms with van der Waals surface area (Å²) in [6.45, 7) is 5.58. The van der Waals surface area contributed by atoms with E-state index in [-0.39, 0.29) is 5.41 Å². The normalized spacial score (nSPS) is 16.2. The van der Waals surface area contributed by atoms with Crippen molar-refractivity contribution in [2.75, 3.05) is 6.54 Å². The standard InChI is InChI=1S/C15H22ClN/c1-3-15(4-2,11-17-12-9-10-12)13-7-5-6-8-14(13)16/h5-8,12,17H,3-4,9-11H2,1-2H3. The minimum absolute atomic E-state index is 0.195. The van der Waals surface area contributed by atoms with Gasteiger partial charge < -0.3 is 5.32 Å². The third kappa shape index (κ3) is 2.83. The molecule has 0 unspecified atom stereocenters. The summed E-state index contributed by atoms with van der Waals surface area (Å²) in [7, 11) is 0. The van der Waals surface area contributed by atoms with Crippen LogP contribution >= 0.6 is 11.6 Å². The minimum atomic E-state index is 0.195. The van der Waals surface area contributed by atoms with Gasteiger partial charge in [0.25, 0.3) is 0 Å². The minimum Gasteiger partial charge on any atom is -0.313 e. The van der Waals surface area contributed by atoms with Gasteiger partial charge in [0.2, 0.25) is 0 Å². The van der Waals surface area contributed by atoms with Crippen LogP contribution in [0.25, 0.3) is 0 Å². The van der Waals surface area contributed by atoms with Gasteiger partial charge in [-0.3, -0.25) is 0 Å². The number of nitrogens with one attached hydrogen (secondary N) is 1. The van der Waals surface area contributed by atoms with Crippen molar-refractivity contribution in [1.29, 1.82) is 0 Å². The molecular formula is C15H22ClN. The van der Waals surface area contributed by atoms with Gasteiger partial charge in [0.15, 0.2) is 0 Å². The van der Waals surface area contributed by atoms with Gasteiger partial charge in [-0.15, -0.1) is 0 Å². The zero-order valence-corrected chi connectivity index (χ0v) is 11.6. The van der Waals surface area contributed by atoms with E-state index in [4.69, 9.17) is 11.6 Å². The van der Waals surface area contributed by atoms with Gasteiger partial charge in [-0.25, -0.2) is 0 Å². The summed E-state index contributed by atoms with van der Waals surface area (Å²) in [5.74, 6) is 0. The Hall–Kier alpha value is -0.530. The molecule has 1 fully saturated rings. The van der Waals surface area contributed by atoms with Crippen LogP contribution < -0.4 is 5.32 Å². The summed E-state index contributed by atoms with van der Waals surface area (Å²) in [5, 5.41) is 4.58. The molecular weight excluding hydrogens is 230 g/mol. The summed E-state index contributed by atoms with van der Waals surface area (Å²) >= 11 is 6.37. The topological polar surface area (TPSA) is 12.0 Å². The summed E-state index contributed by atoms with van der Waals surface area (Å²) in [6, 6.07) is 9.06. The maximum Gasteiger partial charge on any atom is 0.0444 e. The lowest BCUT2D eigenvalue weighted by atomic mass is 9.75. The second-order valence-corrected chi connectivity index (χ2v) is 5.53. The molecule has 1 aromatic carbocycles. The Morgan fingerprint density at radius 1 is 1.24 bits per heavy atom. The predicted molar refractivity (Wildman–Crippen MR) is 74.7 cm³/mol. The Morgan fingerprint density at radius 3 is 2.41 bits per heavy atom. The van der Waals surface area contributed by atoms with E-state index in [9.17, 15) is 0 Å². The molecule has 1 aliphatic rings. The van der Waals surface area contributed by atoms with Gasteiger partial charge in [0.05, 0.1) is 0 Å². The predicted octanol–water partition coefficient (Wildman–Crippen LogP) is 4.15. The van der Waals surface area contributed by atoms with Crippen LogP contribution in [0.1, 0.15) is 45.1 Å². The van der Waals surface area contributed by atoms with Gasteiger partial charge in [0, 0.05) is 23.0 Å². The lowest BCUT2D eigenvalue weighted by molar-refractivity contribution is 0.367. The molecule has 0 aliphatic heterocycles. The van der Waals surface area contributed by atoms with E-state index in [1.807, 2.05) is 12.1 Å². The number of hydrogen-bond donors (Lipinski definition) is 1. The first-order chi connectivity index (χ1) is 8.22. The summed E-state index contributed by atoms with van der Waals surface area (Å²) in [6.07, 6.45) is 4.94. The zero-order chi connectivity index (χ0) is 12.3. The molecule has 1 aliphatic carbocycles. The van der Waals surface area contributed by atoms with Gasteiger partial charge in [0.1, 0.15) is 0 Å². The fourth-order valence-electron chi connectivity index (χ4n) is 2.49. The Bertz CT molecular complexity index is 367. The van der Waals surface area contributed by atoms with E-state index in [2.05, 4.69) is 31.3 Å². The van der Waals surface area contributed by atoms with Crippen LogP contribution in [0.2, 0.25) is 5.02 Å². The fraction of sp³-hybridized carbons (Fsp3) is 0.600. The Kier molecular flexibility index (Phi) is 4.11. The van der Waals surface area contributed by atoms with E-state index in [0.29, 0.717) is 0 Å². The SMILES string of the molecule is CCC(CC)(CNC1CC1)c1ccccc1Cl. The highest BCUT2D eigenvalue weighted by Crippen LogP contribution is 2.36. The quantitative estimate of drug-likeness (QED) is 0.801. The molecule has 0 bridgehead atoms. The molecule has 2 rings (SSSR count). The lowest BCUT2D eigenvalue weighted by Crippen LogP contribution is -2.38. The first-order valence-electron chi connectivity index (χ1n) is 6.70. The summed E-state index contributed by atoms with van der Waals surface area (Å²) in [4.78, 5) is 0. The van der Waals surface area contributed by atoms with Gasteiger partial charge in [-0.1, -0.05) is 43.6 Å². The molecule has 0 amide bonds. The molecule has 1 nitrogen and oxygen atoms in total. The maximum absolute atomic E-state index is 6.37. The van der Waals surface area contributed by atoms with Crippen molar-refractivity contribution < 1.29 is 0 Å². The highest BCUT2D eigenvalue weighted by Gasteiger charge is 2.32. The molecule has 1 N–H and O–H groups in total. The maximum atomic E-state index is 6.37. The van der Waals surface area contributed by atoms with Gasteiger partial charge in [-0.2, -0.15) is 0 Å². The molecule has 2 heteroatoms. The van der Waals surface area contributed by atoms with Crippen molar-refractivity contribution in [1.82, 2.24) is 5.32 Å². The molecule has 0 aromatic heterocycles. The first kappa shape index (κ1) is 12.9. The Morgan fingerprint density at radius 2 is 1.88 bits per heavy atom. The van der Waals surface area contributed by atoms with E-state index in [1.165, 1.54) is 18.4 Å². The second kappa shape index (κ2) is 5.41. The molecule has 94 valence electrons. The summed E-state index contributed by atoms with van der Waals surface area (Å²) < 4.78 is 0. The number of halogens is 1. The van der Waals surface area contributed by atoms with E-state index < -0.39 is 0 Å². The van der Waals surface area contributed by atoms with Crippen molar-refractivity contribution in [2.45, 2.75) is 51.0 Å². The van der Waals surface area contributed by atoms with Crippen molar-refractivity contribution in [3.05, 3.63) is 34.9 Å². The van der Waals surface area contributed by atoms with Crippen molar-refractivity contribution >= 4 is 11.6 Å². The van der Waals surface area contributed by atoms with Crippen LogP contribution in [-0.4, -0.2) is 12.6 Å². The van der Waals surface area contributed by atoms with Crippen molar-refractivity contribution in [2.24, 2.45) is 0 Å². The van der Waals surface area contributed by atoms with E-state index in [0.717, 1.165) is 30.5 Å². The molecule has 1 aromatic rings. The lowest BCUT2D eigenvalue weighted by Gasteiger charge is -2.33. The molecule has 0 spiro atoms. The van der Waals surface area contributed by atoms with Crippen LogP contribution in [0.3, 0.4) is 0 Å². The monoisotopic (exact) mass is 251 g/mol. The van der Waals surface area contributed by atoms with Gasteiger partial charge >= 0.3 is 0 Å². The number of rotatable bonds is 6. The molecule has 0 atom stereocenters. The third-order valence-corrected chi connectivity index (χ3v) is 4.43. The Balaban J connectivity index is 2.21. The van der Waals surface area contributed by atoms with E-state index >= 15 is 0 Å². The third-order valence-electron chi connectivity index (χ3n) is 4.11. The number of benzene rings is 1. The van der Waals surface area contributed by atoms with E-state index in [1.54, 1.807) is 0 Å². The second-order valence-electron chi connectivity index (χ2n) is 5.12. The van der Waals surface area contributed by atoms with Crippen LogP contribution in [0, 0.1) is 0 Å². The largest absolute Gasteiger partial charge is 0.313 e. The number of hydrogen-bond acceptors (Lipinski definition) is 1. The molecule has 0 saturated heterocycles. The molecule has 1 saturated carbocycles. The molecule has 0 radical (unpaired) electrons. The smallest absolute Gasteiger partial charge is 0.0444 e. The molecule has 0 heterocycles. The first-order valence-corrected chi connectivity index (χ1v) is 7.08. The fourth-order valence-corrected chi connectivity index (χ4v) is 2.83. The van der Waals surface area contributed by atoms with Crippen molar-refractivity contribution in [3.8, 4) is 0 Å². The Labute approximate surface area is 110 Å². The average molecular weight is 252 g/mol. The van der Waals surface area contributed by atoms with Crippen LogP contribution in [-0.2, 0) is 5.41 Å². The van der Waals surface area contributed by atoms with Crippen molar-refractivity contribution in [3.63, 3.8) is 0 Å². The zero-order valence-electron chi connectivity index (χ0n) is 10.8. The average Bonchev–Trinajstić information content (AvgIpc) is 3.17. The van der Waals surface area contributed by atoms with Crippen LogP contribution in [0.5, 0.6) is 0 Å². The van der Waals surface area contributed by atoms with Gasteiger partial charge in [-0.05, 0) is 37.3 Å². The summed E-state index contributed by atoms with van der Waals surface area (Å²) in [5.41, 5.74) is 1.50. The van der Waals surface area contributed by atoms with Crippen LogP contribution in [0.15, 0.2) is 24.3 Å². The highest BCUT2D eigenvalue weighted by atomic mass is 35.5. The highest BCUT2D eigenvalue weighted by molar-refractivity contribution is 6.31.